The van der Waals surface area contributed by atoms with E-state index in [1.54, 1.807) is 32.9 Å². The average molecular weight is 279 g/mol. The second-order valence-electron chi connectivity index (χ2n) is 4.35. The predicted molar refractivity (Wildman–Crippen MR) is 73.8 cm³/mol. The monoisotopic (exact) mass is 279 g/mol. The van der Waals surface area contributed by atoms with E-state index in [9.17, 15) is 14.9 Å². The normalized spacial score (nSPS) is 11.1. The lowest BCUT2D eigenvalue weighted by atomic mass is 10.1. The minimum Gasteiger partial charge on any atom is -0.489 e. The lowest BCUT2D eigenvalue weighted by molar-refractivity contribution is -0.385. The number of esters is 1. The molecule has 0 aromatic heterocycles. The Kier molecular flexibility index (Phi) is 5.25. The highest BCUT2D eigenvalue weighted by Gasteiger charge is 2.13. The van der Waals surface area contributed by atoms with E-state index >= 15 is 0 Å². The van der Waals surface area contributed by atoms with Crippen LogP contribution >= 0.6 is 0 Å². The van der Waals surface area contributed by atoms with Gasteiger partial charge < -0.3 is 9.47 Å². The Morgan fingerprint density at radius 3 is 2.55 bits per heavy atom. The highest BCUT2D eigenvalue weighted by atomic mass is 16.6. The molecule has 0 aliphatic rings. The summed E-state index contributed by atoms with van der Waals surface area (Å²) in [5, 5.41) is 10.8. The first-order valence-corrected chi connectivity index (χ1v) is 6.00. The Labute approximate surface area is 117 Å². The van der Waals surface area contributed by atoms with Gasteiger partial charge >= 0.3 is 5.97 Å². The maximum atomic E-state index is 11.2. The Hall–Kier alpha value is -2.37. The highest BCUT2D eigenvalue weighted by molar-refractivity contribution is 5.87. The molecule has 1 aromatic carbocycles. The van der Waals surface area contributed by atoms with Crippen LogP contribution in [0.5, 0.6) is 5.75 Å². The first-order valence-electron chi connectivity index (χ1n) is 6.00. The molecule has 0 heterocycles. The minimum atomic E-state index is -0.423. The fourth-order valence-corrected chi connectivity index (χ4v) is 1.63. The fraction of sp³-hybridized carbons (Fsp3) is 0.357. The smallest absolute Gasteiger partial charge is 0.333 e. The molecule has 108 valence electrons. The van der Waals surface area contributed by atoms with E-state index in [0.717, 1.165) is 0 Å². The summed E-state index contributed by atoms with van der Waals surface area (Å²) in [6, 6.07) is 3.09. The van der Waals surface area contributed by atoms with Gasteiger partial charge in [-0.2, -0.15) is 0 Å². The van der Waals surface area contributed by atoms with Crippen molar-refractivity contribution in [2.75, 3.05) is 13.7 Å². The standard InChI is InChI=1S/C14H17NO5/c1-9(14(16)19-4)5-6-20-13-8-10(2)12(15(17)18)7-11(13)3/h5,7-8H,6H2,1-4H3. The second kappa shape index (κ2) is 6.70. The highest BCUT2D eigenvalue weighted by Crippen LogP contribution is 2.27. The zero-order valence-corrected chi connectivity index (χ0v) is 11.9. The molecular weight excluding hydrogens is 262 g/mol. The molecule has 0 spiro atoms. The predicted octanol–water partition coefficient (Wildman–Crippen LogP) is 2.71. The lowest BCUT2D eigenvalue weighted by Gasteiger charge is -2.09. The molecule has 20 heavy (non-hydrogen) atoms. The molecule has 0 N–H and O–H groups in total. The van der Waals surface area contributed by atoms with Gasteiger partial charge in [-0.05, 0) is 38.5 Å². The molecule has 6 heteroatoms. The van der Waals surface area contributed by atoms with Crippen LogP contribution in [-0.4, -0.2) is 24.6 Å². The third kappa shape index (κ3) is 3.81. The third-order valence-corrected chi connectivity index (χ3v) is 2.83. The Morgan fingerprint density at radius 1 is 1.35 bits per heavy atom. The van der Waals surface area contributed by atoms with E-state index in [1.807, 2.05) is 0 Å². The SMILES string of the molecule is COC(=O)C(C)=CCOc1cc(C)c([N+](=O)[O-])cc1C. The molecule has 0 aliphatic carbocycles. The molecule has 0 saturated carbocycles. The van der Waals surface area contributed by atoms with Crippen molar-refractivity contribution >= 4 is 11.7 Å². The number of hydrogen-bond donors (Lipinski definition) is 0. The molecule has 0 unspecified atom stereocenters. The zero-order chi connectivity index (χ0) is 15.3. The fourth-order valence-electron chi connectivity index (χ4n) is 1.63. The van der Waals surface area contributed by atoms with Crippen molar-refractivity contribution < 1.29 is 19.2 Å². The first-order chi connectivity index (χ1) is 9.36. The van der Waals surface area contributed by atoms with Gasteiger partial charge in [-0.25, -0.2) is 4.79 Å². The van der Waals surface area contributed by atoms with Crippen molar-refractivity contribution in [1.29, 1.82) is 0 Å². The number of nitrogens with zero attached hydrogens (tertiary/aromatic N) is 1. The number of nitro benzene ring substituents is 1. The van der Waals surface area contributed by atoms with E-state index in [2.05, 4.69) is 4.74 Å². The Morgan fingerprint density at radius 2 is 2.00 bits per heavy atom. The van der Waals surface area contributed by atoms with Gasteiger partial charge in [0.05, 0.1) is 12.0 Å². The molecule has 1 aromatic rings. The second-order valence-corrected chi connectivity index (χ2v) is 4.35. The maximum absolute atomic E-state index is 11.2. The molecule has 6 nitrogen and oxygen atoms in total. The van der Waals surface area contributed by atoms with Gasteiger partial charge in [-0.15, -0.1) is 0 Å². The molecule has 0 saturated heterocycles. The van der Waals surface area contributed by atoms with Crippen LogP contribution in [-0.2, 0) is 9.53 Å². The van der Waals surface area contributed by atoms with Crippen LogP contribution in [0.3, 0.4) is 0 Å². The van der Waals surface area contributed by atoms with Crippen LogP contribution < -0.4 is 4.74 Å². The number of hydrogen-bond acceptors (Lipinski definition) is 5. The summed E-state index contributed by atoms with van der Waals surface area (Å²) in [5.41, 5.74) is 1.72. The van der Waals surface area contributed by atoms with E-state index < -0.39 is 10.9 Å². The van der Waals surface area contributed by atoms with Crippen LogP contribution in [0.15, 0.2) is 23.8 Å². The summed E-state index contributed by atoms with van der Waals surface area (Å²) in [5.74, 6) is 0.146. The topological polar surface area (TPSA) is 78.7 Å². The summed E-state index contributed by atoms with van der Waals surface area (Å²) in [4.78, 5) is 21.6. The van der Waals surface area contributed by atoms with Crippen LogP contribution in [0.1, 0.15) is 18.1 Å². The third-order valence-electron chi connectivity index (χ3n) is 2.83. The number of aryl methyl sites for hydroxylation is 2. The van der Waals surface area contributed by atoms with E-state index in [0.29, 0.717) is 22.4 Å². The molecule has 0 radical (unpaired) electrons. The Balaban J connectivity index is 2.82. The maximum Gasteiger partial charge on any atom is 0.333 e. The Bertz CT molecular complexity index is 563. The zero-order valence-electron chi connectivity index (χ0n) is 11.9. The van der Waals surface area contributed by atoms with Crippen LogP contribution in [0, 0.1) is 24.0 Å². The van der Waals surface area contributed by atoms with Crippen molar-refractivity contribution in [2.45, 2.75) is 20.8 Å². The number of carbonyl (C=O) groups excluding carboxylic acids is 1. The average Bonchev–Trinajstić information content (AvgIpc) is 2.40. The van der Waals surface area contributed by atoms with E-state index in [-0.39, 0.29) is 12.3 Å². The molecular formula is C14H17NO5. The first kappa shape index (κ1) is 15.7. The summed E-state index contributed by atoms with van der Waals surface area (Å²) >= 11 is 0. The summed E-state index contributed by atoms with van der Waals surface area (Å²) in [6.07, 6.45) is 1.60. The van der Waals surface area contributed by atoms with Gasteiger partial charge in [0.15, 0.2) is 0 Å². The molecule has 0 atom stereocenters. The van der Waals surface area contributed by atoms with Crippen LogP contribution in [0.2, 0.25) is 0 Å². The van der Waals surface area contributed by atoms with Crippen LogP contribution in [0.25, 0.3) is 0 Å². The van der Waals surface area contributed by atoms with E-state index in [4.69, 9.17) is 4.74 Å². The van der Waals surface area contributed by atoms with Gasteiger partial charge in [0.1, 0.15) is 12.4 Å². The van der Waals surface area contributed by atoms with Gasteiger partial charge in [0.2, 0.25) is 0 Å². The summed E-state index contributed by atoms with van der Waals surface area (Å²) < 4.78 is 10.1. The van der Waals surface area contributed by atoms with Crippen molar-refractivity contribution in [3.8, 4) is 5.75 Å². The lowest BCUT2D eigenvalue weighted by Crippen LogP contribution is -2.04. The largest absolute Gasteiger partial charge is 0.489 e. The number of ether oxygens (including phenoxy) is 2. The molecule has 0 aliphatic heterocycles. The summed E-state index contributed by atoms with van der Waals surface area (Å²) in [7, 11) is 1.31. The quantitative estimate of drug-likeness (QED) is 0.358. The molecule has 0 bridgehead atoms. The molecule has 0 fully saturated rings. The molecule has 0 amide bonds. The number of rotatable bonds is 5. The van der Waals surface area contributed by atoms with Gasteiger partial charge in [0.25, 0.3) is 5.69 Å². The van der Waals surface area contributed by atoms with Gasteiger partial charge in [-0.3, -0.25) is 10.1 Å². The molecule has 1 rings (SSSR count). The number of benzene rings is 1. The van der Waals surface area contributed by atoms with Crippen molar-refractivity contribution in [3.63, 3.8) is 0 Å². The number of methoxy groups -OCH3 is 1. The van der Waals surface area contributed by atoms with Gasteiger partial charge in [0, 0.05) is 17.2 Å². The van der Waals surface area contributed by atoms with Crippen LogP contribution in [0.4, 0.5) is 5.69 Å². The number of nitro groups is 1. The van der Waals surface area contributed by atoms with Crippen molar-refractivity contribution in [1.82, 2.24) is 0 Å². The summed E-state index contributed by atoms with van der Waals surface area (Å²) in [6.45, 7) is 5.21. The van der Waals surface area contributed by atoms with Crippen molar-refractivity contribution in [3.05, 3.63) is 45.0 Å². The van der Waals surface area contributed by atoms with Gasteiger partial charge in [-0.1, -0.05) is 0 Å². The number of carbonyl (C=O) groups is 1. The van der Waals surface area contributed by atoms with Crippen molar-refractivity contribution in [2.24, 2.45) is 0 Å². The van der Waals surface area contributed by atoms with E-state index in [1.165, 1.54) is 13.2 Å². The minimum absolute atomic E-state index is 0.0659.